The van der Waals surface area contributed by atoms with E-state index in [9.17, 15) is 0 Å². The fourth-order valence-corrected chi connectivity index (χ4v) is 0.574. The quantitative estimate of drug-likeness (QED) is 0.547. The van der Waals surface area contributed by atoms with Gasteiger partial charge in [-0.25, -0.2) is 0 Å². The van der Waals surface area contributed by atoms with Crippen LogP contribution in [0.25, 0.3) is 0 Å². The SMILES string of the molecule is COCC(O)COP. The molecule has 0 saturated heterocycles. The lowest BCUT2D eigenvalue weighted by atomic mass is 10.4. The maximum atomic E-state index is 8.79. The molecular formula is C4H11O3P. The molecule has 0 saturated carbocycles. The Hall–Kier alpha value is 0.310. The molecule has 0 aromatic rings. The van der Waals surface area contributed by atoms with Gasteiger partial charge < -0.3 is 14.4 Å². The van der Waals surface area contributed by atoms with E-state index in [1.807, 2.05) is 0 Å². The van der Waals surface area contributed by atoms with Crippen LogP contribution in [0.1, 0.15) is 0 Å². The average Bonchev–Trinajstić information content (AvgIpc) is 1.68. The molecule has 4 heteroatoms. The molecule has 2 unspecified atom stereocenters. The maximum absolute atomic E-state index is 8.79. The third kappa shape index (κ3) is 4.47. The second kappa shape index (κ2) is 5.45. The number of rotatable bonds is 4. The number of hydrogen-bond acceptors (Lipinski definition) is 3. The molecule has 0 spiro atoms. The lowest BCUT2D eigenvalue weighted by Gasteiger charge is -2.05. The third-order valence-corrected chi connectivity index (χ3v) is 0.840. The minimum Gasteiger partial charge on any atom is -0.388 e. The lowest BCUT2D eigenvalue weighted by molar-refractivity contribution is 0.0373. The van der Waals surface area contributed by atoms with Crippen LogP contribution < -0.4 is 0 Å². The first-order chi connectivity index (χ1) is 3.81. The van der Waals surface area contributed by atoms with E-state index in [2.05, 4.69) is 18.7 Å². The first-order valence-corrected chi connectivity index (χ1v) is 2.77. The highest BCUT2D eigenvalue weighted by molar-refractivity contribution is 7.09. The van der Waals surface area contributed by atoms with Crippen LogP contribution in [0.4, 0.5) is 0 Å². The zero-order chi connectivity index (χ0) is 6.41. The van der Waals surface area contributed by atoms with Crippen molar-refractivity contribution < 1.29 is 14.4 Å². The predicted octanol–water partition coefficient (Wildman–Crippen LogP) is -0.200. The van der Waals surface area contributed by atoms with Crippen LogP contribution in [0.5, 0.6) is 0 Å². The minimum atomic E-state index is -0.502. The highest BCUT2D eigenvalue weighted by Gasteiger charge is 1.99. The highest BCUT2D eigenvalue weighted by atomic mass is 31.0. The Morgan fingerprint density at radius 2 is 2.25 bits per heavy atom. The molecule has 0 aliphatic heterocycles. The molecule has 8 heavy (non-hydrogen) atoms. The molecule has 50 valence electrons. The second-order valence-electron chi connectivity index (χ2n) is 1.44. The molecule has 0 fully saturated rings. The number of methoxy groups -OCH3 is 1. The van der Waals surface area contributed by atoms with Crippen molar-refractivity contribution in [3.8, 4) is 0 Å². The lowest BCUT2D eigenvalue weighted by Crippen LogP contribution is -2.18. The standard InChI is InChI=1S/C4H11O3P/c1-6-2-4(5)3-7-8/h4-5H,2-3,8H2,1H3. The fraction of sp³-hybridized carbons (Fsp3) is 1.00. The van der Waals surface area contributed by atoms with Crippen LogP contribution in [-0.2, 0) is 9.26 Å². The van der Waals surface area contributed by atoms with Gasteiger partial charge in [0, 0.05) is 16.6 Å². The molecule has 3 nitrogen and oxygen atoms in total. The van der Waals surface area contributed by atoms with Gasteiger partial charge >= 0.3 is 0 Å². The van der Waals surface area contributed by atoms with Crippen LogP contribution in [0.2, 0.25) is 0 Å². The molecule has 0 bridgehead atoms. The van der Waals surface area contributed by atoms with Crippen molar-refractivity contribution in [2.75, 3.05) is 20.3 Å². The van der Waals surface area contributed by atoms with Gasteiger partial charge in [0.25, 0.3) is 0 Å². The summed E-state index contributed by atoms with van der Waals surface area (Å²) < 4.78 is 9.16. The van der Waals surface area contributed by atoms with Crippen LogP contribution >= 0.6 is 9.47 Å². The molecule has 0 aliphatic rings. The summed E-state index contributed by atoms with van der Waals surface area (Å²) in [6.07, 6.45) is -0.502. The molecule has 0 heterocycles. The number of ether oxygens (including phenoxy) is 1. The first-order valence-electron chi connectivity index (χ1n) is 2.30. The summed E-state index contributed by atoms with van der Waals surface area (Å²) >= 11 is 0. The minimum absolute atomic E-state index is 0.304. The zero-order valence-electron chi connectivity index (χ0n) is 4.83. The van der Waals surface area contributed by atoms with E-state index in [1.165, 1.54) is 7.11 Å². The van der Waals surface area contributed by atoms with E-state index in [4.69, 9.17) is 5.11 Å². The molecule has 2 atom stereocenters. The smallest absolute Gasteiger partial charge is 0.101 e. The van der Waals surface area contributed by atoms with Crippen molar-refractivity contribution in [3.05, 3.63) is 0 Å². The van der Waals surface area contributed by atoms with E-state index >= 15 is 0 Å². The van der Waals surface area contributed by atoms with Crippen molar-refractivity contribution in [3.63, 3.8) is 0 Å². The average molecular weight is 138 g/mol. The van der Waals surface area contributed by atoms with Gasteiger partial charge in [0.1, 0.15) is 6.10 Å². The Balaban J connectivity index is 2.92. The molecule has 1 N–H and O–H groups in total. The van der Waals surface area contributed by atoms with E-state index in [0.717, 1.165) is 0 Å². The van der Waals surface area contributed by atoms with Crippen LogP contribution in [0.15, 0.2) is 0 Å². The van der Waals surface area contributed by atoms with Crippen LogP contribution in [-0.4, -0.2) is 31.5 Å². The Kier molecular flexibility index (Phi) is 5.66. The topological polar surface area (TPSA) is 38.7 Å². The van der Waals surface area contributed by atoms with Gasteiger partial charge in [0.2, 0.25) is 0 Å². The first kappa shape index (κ1) is 8.31. The van der Waals surface area contributed by atoms with Gasteiger partial charge in [-0.05, 0) is 0 Å². The van der Waals surface area contributed by atoms with Crippen molar-refractivity contribution in [1.29, 1.82) is 0 Å². The van der Waals surface area contributed by atoms with E-state index in [0.29, 0.717) is 13.2 Å². The Labute approximate surface area is 51.3 Å². The molecule has 0 rings (SSSR count). The molecule has 0 amide bonds. The van der Waals surface area contributed by atoms with Gasteiger partial charge in [0.15, 0.2) is 0 Å². The largest absolute Gasteiger partial charge is 0.388 e. The summed E-state index contributed by atoms with van der Waals surface area (Å²) in [6, 6.07) is 0. The molecular weight excluding hydrogens is 127 g/mol. The monoisotopic (exact) mass is 138 g/mol. The van der Waals surface area contributed by atoms with E-state index in [1.54, 1.807) is 0 Å². The summed E-state index contributed by atoms with van der Waals surface area (Å²) in [5, 5.41) is 8.79. The van der Waals surface area contributed by atoms with Crippen LogP contribution in [0, 0.1) is 0 Å². The fourth-order valence-electron chi connectivity index (χ4n) is 0.352. The molecule has 0 aliphatic carbocycles. The summed E-state index contributed by atoms with van der Waals surface area (Å²) in [4.78, 5) is 0. The van der Waals surface area contributed by atoms with E-state index < -0.39 is 6.10 Å². The summed E-state index contributed by atoms with van der Waals surface area (Å²) in [6.45, 7) is 0.632. The van der Waals surface area contributed by atoms with Gasteiger partial charge in [-0.3, -0.25) is 0 Å². The van der Waals surface area contributed by atoms with E-state index in [-0.39, 0.29) is 0 Å². The van der Waals surface area contributed by atoms with Crippen molar-refractivity contribution in [2.24, 2.45) is 0 Å². The maximum Gasteiger partial charge on any atom is 0.101 e. The van der Waals surface area contributed by atoms with Gasteiger partial charge in [0.05, 0.1) is 13.2 Å². The normalized spacial score (nSPS) is 13.9. The van der Waals surface area contributed by atoms with Gasteiger partial charge in [-0.1, -0.05) is 0 Å². The summed E-state index contributed by atoms with van der Waals surface area (Å²) in [5.74, 6) is 0. The molecule has 0 aromatic carbocycles. The third-order valence-electron chi connectivity index (χ3n) is 0.648. The number of hydrogen-bond donors (Lipinski definition) is 1. The van der Waals surface area contributed by atoms with Crippen molar-refractivity contribution in [1.82, 2.24) is 0 Å². The number of aliphatic hydroxyl groups excluding tert-OH is 1. The Morgan fingerprint density at radius 1 is 1.62 bits per heavy atom. The Morgan fingerprint density at radius 3 is 2.62 bits per heavy atom. The van der Waals surface area contributed by atoms with Crippen molar-refractivity contribution in [2.45, 2.75) is 6.10 Å². The highest BCUT2D eigenvalue weighted by Crippen LogP contribution is 1.89. The summed E-state index contributed by atoms with van der Waals surface area (Å²) in [5.41, 5.74) is 0. The van der Waals surface area contributed by atoms with Crippen molar-refractivity contribution >= 4 is 9.47 Å². The molecule has 0 radical (unpaired) electrons. The second-order valence-corrected chi connectivity index (χ2v) is 1.78. The predicted molar refractivity (Wildman–Crippen MR) is 33.5 cm³/mol. The number of aliphatic hydroxyl groups is 1. The molecule has 0 aromatic heterocycles. The Bertz CT molecular complexity index is 44.5. The van der Waals surface area contributed by atoms with Gasteiger partial charge in [-0.15, -0.1) is 0 Å². The van der Waals surface area contributed by atoms with Gasteiger partial charge in [-0.2, -0.15) is 0 Å². The zero-order valence-corrected chi connectivity index (χ0v) is 5.99. The summed E-state index contributed by atoms with van der Waals surface area (Å²) in [7, 11) is 3.59. The van der Waals surface area contributed by atoms with Crippen LogP contribution in [0.3, 0.4) is 0 Å².